The van der Waals surface area contributed by atoms with E-state index >= 15 is 0 Å². The smallest absolute Gasteiger partial charge is 0.227 e. The van der Waals surface area contributed by atoms with Gasteiger partial charge in [0.25, 0.3) is 0 Å². The second kappa shape index (κ2) is 8.16. The maximum atomic E-state index is 12.6. The first-order chi connectivity index (χ1) is 9.91. The Hall–Kier alpha value is -0.810. The lowest BCUT2D eigenvalue weighted by atomic mass is 9.99. The largest absolute Gasteiger partial charge is 0.369 e. The minimum absolute atomic E-state index is 0. The van der Waals surface area contributed by atoms with Gasteiger partial charge in [-0.05, 0) is 19.9 Å². The number of hydrogen-bond donors (Lipinski definition) is 1. The zero-order chi connectivity index (χ0) is 15.6. The third-order valence-electron chi connectivity index (χ3n) is 4.15. The van der Waals surface area contributed by atoms with Crippen molar-refractivity contribution in [1.82, 2.24) is 4.90 Å². The van der Waals surface area contributed by atoms with E-state index in [0.29, 0.717) is 18.2 Å². The minimum atomic E-state index is -0.197. The molecule has 1 aromatic carbocycles. The van der Waals surface area contributed by atoms with Crippen molar-refractivity contribution in [3.05, 3.63) is 34.9 Å². The topological polar surface area (TPSA) is 55.6 Å². The van der Waals surface area contributed by atoms with Gasteiger partial charge in [0, 0.05) is 16.6 Å². The van der Waals surface area contributed by atoms with Crippen molar-refractivity contribution in [1.29, 1.82) is 0 Å². The van der Waals surface area contributed by atoms with Crippen LogP contribution in [0.3, 0.4) is 0 Å². The van der Waals surface area contributed by atoms with Crippen molar-refractivity contribution in [2.75, 3.05) is 13.2 Å². The van der Waals surface area contributed by atoms with Crippen molar-refractivity contribution < 1.29 is 9.53 Å². The summed E-state index contributed by atoms with van der Waals surface area (Å²) in [5.74, 6) is -0.115. The van der Waals surface area contributed by atoms with Crippen molar-refractivity contribution >= 4 is 29.9 Å². The Morgan fingerprint density at radius 2 is 2.05 bits per heavy atom. The number of amides is 1. The molecule has 4 atom stereocenters. The number of carbonyl (C=O) groups excluding carboxylic acids is 1. The Morgan fingerprint density at radius 1 is 1.41 bits per heavy atom. The zero-order valence-electron chi connectivity index (χ0n) is 13.2. The van der Waals surface area contributed by atoms with Crippen molar-refractivity contribution in [2.24, 2.45) is 11.7 Å². The standard InChI is InChI=1S/C16H23ClN2O2.ClH/c1-10-9-21-15(13-6-4-5-7-14(13)17)8-19(10)16(20)11(2)12(3)18;/h4-7,10-12,15H,8-9,18H2,1-3H3;1H. The van der Waals surface area contributed by atoms with Crippen LogP contribution < -0.4 is 5.73 Å². The van der Waals surface area contributed by atoms with Gasteiger partial charge in [-0.15, -0.1) is 12.4 Å². The molecule has 2 N–H and O–H groups in total. The van der Waals surface area contributed by atoms with Gasteiger partial charge in [-0.3, -0.25) is 4.79 Å². The van der Waals surface area contributed by atoms with Crippen LogP contribution >= 0.6 is 24.0 Å². The lowest BCUT2D eigenvalue weighted by Crippen LogP contribution is -2.52. The second-order valence-electron chi connectivity index (χ2n) is 5.83. The highest BCUT2D eigenvalue weighted by molar-refractivity contribution is 6.31. The Kier molecular flexibility index (Phi) is 7.13. The van der Waals surface area contributed by atoms with E-state index in [1.165, 1.54) is 0 Å². The number of benzene rings is 1. The van der Waals surface area contributed by atoms with Gasteiger partial charge in [0.1, 0.15) is 6.10 Å². The van der Waals surface area contributed by atoms with Gasteiger partial charge in [0.15, 0.2) is 0 Å². The highest BCUT2D eigenvalue weighted by atomic mass is 35.5. The molecule has 22 heavy (non-hydrogen) atoms. The third-order valence-corrected chi connectivity index (χ3v) is 4.49. The predicted octanol–water partition coefficient (Wildman–Crippen LogP) is 3.03. The molecular formula is C16H24Cl2N2O2. The zero-order valence-corrected chi connectivity index (χ0v) is 14.7. The molecule has 1 amide bonds. The number of hydrogen-bond acceptors (Lipinski definition) is 3. The molecule has 0 spiro atoms. The van der Waals surface area contributed by atoms with Crippen LogP contribution in [0.25, 0.3) is 0 Å². The van der Waals surface area contributed by atoms with E-state index in [1.807, 2.05) is 49.9 Å². The molecule has 0 aliphatic carbocycles. The van der Waals surface area contributed by atoms with Crippen LogP contribution in [0.15, 0.2) is 24.3 Å². The first-order valence-corrected chi connectivity index (χ1v) is 7.71. The monoisotopic (exact) mass is 346 g/mol. The van der Waals surface area contributed by atoms with E-state index in [2.05, 4.69) is 0 Å². The lowest BCUT2D eigenvalue weighted by Gasteiger charge is -2.40. The van der Waals surface area contributed by atoms with Gasteiger partial charge < -0.3 is 15.4 Å². The summed E-state index contributed by atoms with van der Waals surface area (Å²) in [5.41, 5.74) is 6.79. The summed E-state index contributed by atoms with van der Waals surface area (Å²) in [6.45, 7) is 6.75. The third kappa shape index (κ3) is 4.13. The number of halogens is 2. The fourth-order valence-electron chi connectivity index (χ4n) is 2.47. The Labute approximate surface area is 143 Å². The predicted molar refractivity (Wildman–Crippen MR) is 91.4 cm³/mol. The van der Waals surface area contributed by atoms with Gasteiger partial charge in [-0.25, -0.2) is 0 Å². The molecule has 1 heterocycles. The van der Waals surface area contributed by atoms with Crippen LogP contribution in [0.2, 0.25) is 5.02 Å². The molecule has 0 bridgehead atoms. The Balaban J connectivity index is 0.00000242. The summed E-state index contributed by atoms with van der Waals surface area (Å²) >= 11 is 6.23. The van der Waals surface area contributed by atoms with E-state index in [1.54, 1.807) is 0 Å². The van der Waals surface area contributed by atoms with Crippen molar-refractivity contribution in [3.63, 3.8) is 0 Å². The van der Waals surface area contributed by atoms with E-state index in [4.69, 9.17) is 22.1 Å². The molecule has 1 aliphatic heterocycles. The number of ether oxygens (including phenoxy) is 1. The molecule has 1 saturated heterocycles. The quantitative estimate of drug-likeness (QED) is 0.914. The van der Waals surface area contributed by atoms with Crippen molar-refractivity contribution in [2.45, 2.75) is 39.0 Å². The lowest BCUT2D eigenvalue weighted by molar-refractivity contribution is -0.148. The van der Waals surface area contributed by atoms with Gasteiger partial charge in [-0.2, -0.15) is 0 Å². The summed E-state index contributed by atoms with van der Waals surface area (Å²) in [5, 5.41) is 0.671. The van der Waals surface area contributed by atoms with E-state index in [-0.39, 0.29) is 42.4 Å². The molecule has 2 rings (SSSR count). The maximum absolute atomic E-state index is 12.6. The highest BCUT2D eigenvalue weighted by Gasteiger charge is 2.34. The molecule has 4 nitrogen and oxygen atoms in total. The van der Waals surface area contributed by atoms with Crippen LogP contribution in [0.4, 0.5) is 0 Å². The first kappa shape index (κ1) is 19.2. The summed E-state index contributed by atoms with van der Waals surface area (Å²) in [4.78, 5) is 14.4. The van der Waals surface area contributed by atoms with Gasteiger partial charge in [-0.1, -0.05) is 36.7 Å². The highest BCUT2D eigenvalue weighted by Crippen LogP contribution is 2.30. The number of carbonyl (C=O) groups is 1. The van der Waals surface area contributed by atoms with Crippen LogP contribution in [-0.2, 0) is 9.53 Å². The molecule has 1 aliphatic rings. The molecule has 1 aromatic rings. The number of nitrogens with two attached hydrogens (primary N) is 1. The number of nitrogens with zero attached hydrogens (tertiary/aromatic N) is 1. The normalized spacial score (nSPS) is 24.3. The number of rotatable bonds is 3. The molecule has 0 saturated carbocycles. The van der Waals surface area contributed by atoms with E-state index in [0.717, 1.165) is 5.56 Å². The van der Waals surface area contributed by atoms with Gasteiger partial charge in [0.05, 0.1) is 25.1 Å². The second-order valence-corrected chi connectivity index (χ2v) is 6.24. The van der Waals surface area contributed by atoms with Crippen LogP contribution in [0.5, 0.6) is 0 Å². The fourth-order valence-corrected chi connectivity index (χ4v) is 2.73. The van der Waals surface area contributed by atoms with Gasteiger partial charge >= 0.3 is 0 Å². The maximum Gasteiger partial charge on any atom is 0.227 e. The minimum Gasteiger partial charge on any atom is -0.369 e. The Bertz CT molecular complexity index is 511. The molecule has 1 fully saturated rings. The SMILES string of the molecule is CC(N)C(C)C(=O)N1CC(c2ccccc2Cl)OCC1C.Cl. The summed E-state index contributed by atoms with van der Waals surface area (Å²) in [6, 6.07) is 7.50. The van der Waals surface area contributed by atoms with Crippen LogP contribution in [0.1, 0.15) is 32.4 Å². The molecular weight excluding hydrogens is 323 g/mol. The summed E-state index contributed by atoms with van der Waals surface area (Å²) in [6.07, 6.45) is -0.181. The summed E-state index contributed by atoms with van der Waals surface area (Å²) in [7, 11) is 0. The molecule has 0 radical (unpaired) electrons. The average molecular weight is 347 g/mol. The van der Waals surface area contributed by atoms with Gasteiger partial charge in [0.2, 0.25) is 5.91 Å². The fraction of sp³-hybridized carbons (Fsp3) is 0.562. The van der Waals surface area contributed by atoms with E-state index in [9.17, 15) is 4.79 Å². The average Bonchev–Trinajstić information content (AvgIpc) is 2.47. The van der Waals surface area contributed by atoms with E-state index < -0.39 is 0 Å². The van der Waals surface area contributed by atoms with Crippen LogP contribution in [0, 0.1) is 5.92 Å². The molecule has 4 unspecified atom stereocenters. The van der Waals surface area contributed by atoms with Crippen molar-refractivity contribution in [3.8, 4) is 0 Å². The Morgan fingerprint density at radius 3 is 2.64 bits per heavy atom. The number of morpholine rings is 1. The summed E-state index contributed by atoms with van der Waals surface area (Å²) < 4.78 is 5.87. The first-order valence-electron chi connectivity index (χ1n) is 7.34. The molecule has 124 valence electrons. The molecule has 0 aromatic heterocycles. The molecule has 6 heteroatoms. The van der Waals surface area contributed by atoms with Crippen LogP contribution in [-0.4, -0.2) is 36.0 Å².